The minimum absolute atomic E-state index is 0.0900. The molecule has 0 heterocycles. The maximum atomic E-state index is 13.9. The molecule has 2 aromatic carbocycles. The lowest BCUT2D eigenvalue weighted by atomic mass is 10.1. The summed E-state index contributed by atoms with van der Waals surface area (Å²) in [6.07, 6.45) is 0.950. The van der Waals surface area contributed by atoms with E-state index < -0.39 is 28.3 Å². The van der Waals surface area contributed by atoms with Crippen LogP contribution in [0.3, 0.4) is 0 Å². The summed E-state index contributed by atoms with van der Waals surface area (Å²) < 4.78 is 39.0. The first-order chi connectivity index (χ1) is 13.6. The van der Waals surface area contributed by atoms with E-state index in [1.54, 1.807) is 30.3 Å². The standard InChI is InChI=1S/C20H24FN3O4S/c1-14(2)22-20(26)16-9-5-7-11-18(16)23-19(25)13-24(29(3,27)28)12-15-8-4-6-10-17(15)21/h4-11,14H,12-13H2,1-3H3,(H,22,26)(H,23,25). The zero-order valence-electron chi connectivity index (χ0n) is 16.5. The third kappa shape index (κ3) is 6.65. The van der Waals surface area contributed by atoms with Crippen molar-refractivity contribution < 1.29 is 22.4 Å². The van der Waals surface area contributed by atoms with E-state index in [9.17, 15) is 22.4 Å². The van der Waals surface area contributed by atoms with Crippen molar-refractivity contribution in [3.05, 3.63) is 65.5 Å². The van der Waals surface area contributed by atoms with Crippen LogP contribution in [0.15, 0.2) is 48.5 Å². The van der Waals surface area contributed by atoms with Crippen molar-refractivity contribution in [1.82, 2.24) is 9.62 Å². The van der Waals surface area contributed by atoms with Gasteiger partial charge in [-0.2, -0.15) is 4.31 Å². The Hall–Kier alpha value is -2.78. The molecule has 0 aromatic heterocycles. The number of amides is 2. The van der Waals surface area contributed by atoms with Gasteiger partial charge in [0.15, 0.2) is 0 Å². The van der Waals surface area contributed by atoms with Gasteiger partial charge in [-0.25, -0.2) is 12.8 Å². The van der Waals surface area contributed by atoms with Crippen LogP contribution in [-0.2, 0) is 21.4 Å². The SMILES string of the molecule is CC(C)NC(=O)c1ccccc1NC(=O)CN(Cc1ccccc1F)S(C)(=O)=O. The number of halogens is 1. The molecule has 156 valence electrons. The van der Waals surface area contributed by atoms with Gasteiger partial charge in [0.25, 0.3) is 5.91 Å². The summed E-state index contributed by atoms with van der Waals surface area (Å²) in [7, 11) is -3.78. The topological polar surface area (TPSA) is 95.6 Å². The predicted molar refractivity (Wildman–Crippen MR) is 109 cm³/mol. The molecular weight excluding hydrogens is 397 g/mol. The van der Waals surface area contributed by atoms with Gasteiger partial charge in [0.2, 0.25) is 15.9 Å². The van der Waals surface area contributed by atoms with Crippen molar-refractivity contribution in [3.63, 3.8) is 0 Å². The molecule has 2 N–H and O–H groups in total. The fourth-order valence-electron chi connectivity index (χ4n) is 2.59. The third-order valence-corrected chi connectivity index (χ3v) is 5.16. The Labute approximate surface area is 170 Å². The highest BCUT2D eigenvalue weighted by Crippen LogP contribution is 2.16. The fourth-order valence-corrected chi connectivity index (χ4v) is 3.31. The predicted octanol–water partition coefficient (Wildman–Crippen LogP) is 2.36. The first-order valence-corrected chi connectivity index (χ1v) is 10.8. The number of rotatable bonds is 8. The largest absolute Gasteiger partial charge is 0.350 e. The van der Waals surface area contributed by atoms with Gasteiger partial charge in [0, 0.05) is 18.2 Å². The van der Waals surface area contributed by atoms with E-state index in [1.165, 1.54) is 18.2 Å². The minimum Gasteiger partial charge on any atom is -0.350 e. The molecule has 0 radical (unpaired) electrons. The fraction of sp³-hybridized carbons (Fsp3) is 0.300. The average Bonchev–Trinajstić information content (AvgIpc) is 2.62. The molecule has 0 fully saturated rings. The molecule has 0 spiro atoms. The highest BCUT2D eigenvalue weighted by molar-refractivity contribution is 7.88. The van der Waals surface area contributed by atoms with E-state index >= 15 is 0 Å². The average molecular weight is 421 g/mol. The Balaban J connectivity index is 2.17. The second-order valence-corrected chi connectivity index (χ2v) is 8.83. The van der Waals surface area contributed by atoms with Crippen LogP contribution < -0.4 is 10.6 Å². The zero-order chi connectivity index (χ0) is 21.6. The molecule has 0 aliphatic heterocycles. The van der Waals surface area contributed by atoms with Crippen molar-refractivity contribution in [2.75, 3.05) is 18.1 Å². The van der Waals surface area contributed by atoms with Crippen LogP contribution in [0.4, 0.5) is 10.1 Å². The lowest BCUT2D eigenvalue weighted by Gasteiger charge is -2.20. The van der Waals surface area contributed by atoms with Crippen molar-refractivity contribution in [1.29, 1.82) is 0 Å². The molecule has 0 saturated carbocycles. The maximum absolute atomic E-state index is 13.9. The van der Waals surface area contributed by atoms with Crippen molar-refractivity contribution in [2.24, 2.45) is 0 Å². The van der Waals surface area contributed by atoms with Gasteiger partial charge in [0.1, 0.15) is 5.82 Å². The van der Waals surface area contributed by atoms with Crippen LogP contribution in [-0.4, -0.2) is 43.4 Å². The van der Waals surface area contributed by atoms with Gasteiger partial charge >= 0.3 is 0 Å². The number of hydrogen-bond acceptors (Lipinski definition) is 4. The number of sulfonamides is 1. The van der Waals surface area contributed by atoms with E-state index in [0.717, 1.165) is 10.6 Å². The van der Waals surface area contributed by atoms with Gasteiger partial charge in [-0.3, -0.25) is 9.59 Å². The van der Waals surface area contributed by atoms with Crippen molar-refractivity contribution >= 4 is 27.5 Å². The number of hydrogen-bond donors (Lipinski definition) is 2. The lowest BCUT2D eigenvalue weighted by molar-refractivity contribution is -0.116. The Morgan fingerprint density at radius 1 is 1.07 bits per heavy atom. The number of benzene rings is 2. The molecule has 2 amide bonds. The summed E-state index contributed by atoms with van der Waals surface area (Å²) in [5, 5.41) is 5.31. The van der Waals surface area contributed by atoms with E-state index in [4.69, 9.17) is 0 Å². The van der Waals surface area contributed by atoms with Crippen LogP contribution >= 0.6 is 0 Å². The zero-order valence-corrected chi connectivity index (χ0v) is 17.3. The highest BCUT2D eigenvalue weighted by atomic mass is 32.2. The Morgan fingerprint density at radius 3 is 2.31 bits per heavy atom. The maximum Gasteiger partial charge on any atom is 0.253 e. The van der Waals surface area contributed by atoms with Gasteiger partial charge in [-0.15, -0.1) is 0 Å². The van der Waals surface area contributed by atoms with E-state index in [-0.39, 0.29) is 35.3 Å². The minimum atomic E-state index is -3.78. The second-order valence-electron chi connectivity index (χ2n) is 6.84. The molecule has 0 aliphatic carbocycles. The van der Waals surface area contributed by atoms with Gasteiger partial charge in [-0.1, -0.05) is 30.3 Å². The third-order valence-electron chi connectivity index (χ3n) is 3.96. The Bertz CT molecular complexity index is 993. The molecule has 0 saturated heterocycles. The van der Waals surface area contributed by atoms with Crippen molar-refractivity contribution in [3.8, 4) is 0 Å². The van der Waals surface area contributed by atoms with Crippen LogP contribution in [0.2, 0.25) is 0 Å². The molecule has 0 unspecified atom stereocenters. The Morgan fingerprint density at radius 2 is 1.69 bits per heavy atom. The normalized spacial score (nSPS) is 11.5. The quantitative estimate of drug-likeness (QED) is 0.684. The first-order valence-electron chi connectivity index (χ1n) is 8.96. The second kappa shape index (κ2) is 9.62. The number of nitrogens with one attached hydrogen (secondary N) is 2. The molecule has 0 atom stereocenters. The summed E-state index contributed by atoms with van der Waals surface area (Å²) in [6, 6.07) is 12.1. The molecule has 7 nitrogen and oxygen atoms in total. The van der Waals surface area contributed by atoms with Gasteiger partial charge < -0.3 is 10.6 Å². The van der Waals surface area contributed by atoms with Crippen molar-refractivity contribution in [2.45, 2.75) is 26.4 Å². The van der Waals surface area contributed by atoms with E-state index in [0.29, 0.717) is 0 Å². The number of para-hydroxylation sites is 1. The van der Waals surface area contributed by atoms with E-state index in [1.807, 2.05) is 13.8 Å². The highest BCUT2D eigenvalue weighted by Gasteiger charge is 2.23. The number of anilines is 1. The van der Waals surface area contributed by atoms with Gasteiger partial charge in [-0.05, 0) is 32.0 Å². The van der Waals surface area contributed by atoms with E-state index in [2.05, 4.69) is 10.6 Å². The molecular formula is C20H24FN3O4S. The van der Waals surface area contributed by atoms with Gasteiger partial charge in [0.05, 0.1) is 24.1 Å². The molecule has 9 heteroatoms. The molecule has 0 aliphatic rings. The van der Waals surface area contributed by atoms with Crippen LogP contribution in [0.1, 0.15) is 29.8 Å². The monoisotopic (exact) mass is 421 g/mol. The summed E-state index contributed by atoms with van der Waals surface area (Å²) in [4.78, 5) is 24.8. The smallest absolute Gasteiger partial charge is 0.253 e. The van der Waals surface area contributed by atoms with Crippen LogP contribution in [0.25, 0.3) is 0 Å². The lowest BCUT2D eigenvalue weighted by Crippen LogP contribution is -2.37. The summed E-state index contributed by atoms with van der Waals surface area (Å²) >= 11 is 0. The summed E-state index contributed by atoms with van der Waals surface area (Å²) in [5.74, 6) is -1.56. The summed E-state index contributed by atoms with van der Waals surface area (Å²) in [5.41, 5.74) is 0.673. The van der Waals surface area contributed by atoms with Crippen LogP contribution in [0.5, 0.6) is 0 Å². The molecule has 2 aromatic rings. The number of carbonyl (C=O) groups excluding carboxylic acids is 2. The summed E-state index contributed by atoms with van der Waals surface area (Å²) in [6.45, 7) is 2.82. The Kier molecular flexibility index (Phi) is 7.46. The first kappa shape index (κ1) is 22.5. The number of carbonyl (C=O) groups is 2. The molecule has 0 bridgehead atoms. The number of nitrogens with zero attached hydrogens (tertiary/aromatic N) is 1. The van der Waals surface area contributed by atoms with Crippen LogP contribution in [0, 0.1) is 5.82 Å². The molecule has 29 heavy (non-hydrogen) atoms. The molecule has 2 rings (SSSR count).